The maximum Gasteiger partial charge on any atom is 0.312 e. The van der Waals surface area contributed by atoms with Gasteiger partial charge in [-0.05, 0) is 53.9 Å². The lowest BCUT2D eigenvalue weighted by molar-refractivity contribution is -0.138. The highest BCUT2D eigenvalue weighted by molar-refractivity contribution is 8.18. The third kappa shape index (κ3) is 3.95. The minimum atomic E-state index is -1.14. The van der Waals surface area contributed by atoms with Crippen molar-refractivity contribution in [2.45, 2.75) is 18.8 Å². The molecule has 2 heterocycles. The quantitative estimate of drug-likeness (QED) is 0.682. The van der Waals surface area contributed by atoms with Crippen molar-refractivity contribution in [2.75, 3.05) is 19.6 Å². The standard InChI is InChI=1S/C17H19FN4O3S/c18-11-4-3-10(12(8-11)13(9-19)16(24)25)7-14-15(23)21-17(26-14)22-6-2-1-5-20-22/h3-4,7-8,13,20H,1-2,5-6,9,19H2,(H,24,25)/b14-7+. The number of carbonyl (C=O) groups is 2. The van der Waals surface area contributed by atoms with Crippen LogP contribution < -0.4 is 11.2 Å². The minimum Gasteiger partial charge on any atom is -0.481 e. The number of hydrogen-bond acceptors (Lipinski definition) is 6. The number of amidine groups is 1. The third-order valence-corrected chi connectivity index (χ3v) is 5.20. The minimum absolute atomic E-state index is 0.171. The van der Waals surface area contributed by atoms with Crippen LogP contribution in [0.25, 0.3) is 6.08 Å². The fourth-order valence-electron chi connectivity index (χ4n) is 2.85. The summed E-state index contributed by atoms with van der Waals surface area (Å²) in [5, 5.41) is 11.7. The summed E-state index contributed by atoms with van der Waals surface area (Å²) in [6.45, 7) is 1.42. The molecule has 26 heavy (non-hydrogen) atoms. The van der Waals surface area contributed by atoms with E-state index in [9.17, 15) is 19.1 Å². The smallest absolute Gasteiger partial charge is 0.312 e. The average Bonchev–Trinajstić information content (AvgIpc) is 2.99. The molecule has 1 atom stereocenters. The second-order valence-electron chi connectivity index (χ2n) is 5.98. The molecule has 7 nitrogen and oxygen atoms in total. The van der Waals surface area contributed by atoms with E-state index in [4.69, 9.17) is 5.73 Å². The van der Waals surface area contributed by atoms with Crippen molar-refractivity contribution >= 4 is 34.9 Å². The van der Waals surface area contributed by atoms with Gasteiger partial charge in [-0.1, -0.05) is 6.07 Å². The van der Waals surface area contributed by atoms with E-state index < -0.39 is 23.6 Å². The molecule has 9 heteroatoms. The first-order chi connectivity index (χ1) is 12.5. The molecule has 2 aliphatic rings. The number of rotatable bonds is 4. The molecule has 0 saturated carbocycles. The highest BCUT2D eigenvalue weighted by Crippen LogP contribution is 2.32. The van der Waals surface area contributed by atoms with E-state index in [-0.39, 0.29) is 12.1 Å². The van der Waals surface area contributed by atoms with E-state index in [0.717, 1.165) is 32.0 Å². The molecule has 2 aliphatic heterocycles. The molecule has 1 fully saturated rings. The molecule has 3 rings (SSSR count). The lowest BCUT2D eigenvalue weighted by Crippen LogP contribution is -2.45. The van der Waals surface area contributed by atoms with Crippen molar-refractivity contribution in [3.8, 4) is 0 Å². The van der Waals surface area contributed by atoms with Gasteiger partial charge in [0.05, 0.1) is 10.8 Å². The van der Waals surface area contributed by atoms with Crippen LogP contribution in [0, 0.1) is 5.82 Å². The Morgan fingerprint density at radius 2 is 2.31 bits per heavy atom. The van der Waals surface area contributed by atoms with Crippen molar-refractivity contribution in [3.63, 3.8) is 0 Å². The maximum absolute atomic E-state index is 13.6. The van der Waals surface area contributed by atoms with Gasteiger partial charge in [-0.15, -0.1) is 0 Å². The molecule has 0 bridgehead atoms. The summed E-state index contributed by atoms with van der Waals surface area (Å²) >= 11 is 1.21. The highest BCUT2D eigenvalue weighted by atomic mass is 32.2. The topological polar surface area (TPSA) is 108 Å². The number of carbonyl (C=O) groups excluding carboxylic acids is 1. The second-order valence-corrected chi connectivity index (χ2v) is 6.99. The van der Waals surface area contributed by atoms with Crippen LogP contribution in [0.4, 0.5) is 4.39 Å². The summed E-state index contributed by atoms with van der Waals surface area (Å²) < 4.78 is 13.6. The number of benzene rings is 1. The Kier molecular flexibility index (Phi) is 5.70. The Bertz CT molecular complexity index is 790. The zero-order chi connectivity index (χ0) is 18.7. The first-order valence-corrected chi connectivity index (χ1v) is 9.07. The van der Waals surface area contributed by atoms with Gasteiger partial charge in [-0.25, -0.2) is 9.82 Å². The van der Waals surface area contributed by atoms with Gasteiger partial charge in [-0.3, -0.25) is 14.6 Å². The van der Waals surface area contributed by atoms with Crippen LogP contribution in [0.2, 0.25) is 0 Å². The van der Waals surface area contributed by atoms with Crippen LogP contribution in [-0.2, 0) is 9.59 Å². The SMILES string of the molecule is NCC(C(=O)O)c1cc(F)ccc1/C=C1/SC(N2CCCCN2)=NC1=O. The molecule has 1 amide bonds. The maximum atomic E-state index is 13.6. The molecule has 4 N–H and O–H groups in total. The lowest BCUT2D eigenvalue weighted by atomic mass is 9.93. The van der Waals surface area contributed by atoms with Crippen LogP contribution in [0.5, 0.6) is 0 Å². The predicted molar refractivity (Wildman–Crippen MR) is 97.8 cm³/mol. The van der Waals surface area contributed by atoms with Crippen LogP contribution >= 0.6 is 11.8 Å². The summed E-state index contributed by atoms with van der Waals surface area (Å²) in [6, 6.07) is 3.83. The van der Waals surface area contributed by atoms with Gasteiger partial charge in [0.25, 0.3) is 5.91 Å². The Morgan fingerprint density at radius 3 is 2.96 bits per heavy atom. The molecular weight excluding hydrogens is 359 g/mol. The summed E-state index contributed by atoms with van der Waals surface area (Å²) in [6.07, 6.45) is 3.63. The van der Waals surface area contributed by atoms with Crippen LogP contribution in [0.1, 0.15) is 29.9 Å². The van der Waals surface area contributed by atoms with Crippen molar-refractivity contribution in [1.82, 2.24) is 10.4 Å². The molecule has 1 unspecified atom stereocenters. The second kappa shape index (κ2) is 7.98. The van der Waals surface area contributed by atoms with E-state index in [2.05, 4.69) is 10.4 Å². The number of hydrogen-bond donors (Lipinski definition) is 3. The number of amides is 1. The van der Waals surface area contributed by atoms with Crippen molar-refractivity contribution < 1.29 is 19.1 Å². The van der Waals surface area contributed by atoms with Crippen LogP contribution in [-0.4, -0.2) is 46.8 Å². The van der Waals surface area contributed by atoms with Gasteiger partial charge >= 0.3 is 5.97 Å². The number of carboxylic acids is 1. The molecule has 1 saturated heterocycles. The molecule has 138 valence electrons. The Hall–Kier alpha value is -2.23. The normalized spacial score (nSPS) is 20.4. The van der Waals surface area contributed by atoms with E-state index in [0.29, 0.717) is 15.6 Å². The van der Waals surface area contributed by atoms with Gasteiger partial charge < -0.3 is 10.8 Å². The van der Waals surface area contributed by atoms with Crippen molar-refractivity contribution in [1.29, 1.82) is 0 Å². The Morgan fingerprint density at radius 1 is 1.50 bits per heavy atom. The zero-order valence-corrected chi connectivity index (χ0v) is 14.8. The number of carboxylic acid groups (broad SMARTS) is 1. The number of hydrazine groups is 1. The third-order valence-electron chi connectivity index (χ3n) is 4.20. The van der Waals surface area contributed by atoms with E-state index >= 15 is 0 Å². The molecule has 1 aromatic rings. The largest absolute Gasteiger partial charge is 0.481 e. The number of halogens is 1. The predicted octanol–water partition coefficient (Wildman–Crippen LogP) is 1.52. The van der Waals surface area contributed by atoms with Crippen molar-refractivity contribution in [3.05, 3.63) is 40.0 Å². The molecule has 1 aromatic carbocycles. The molecule has 0 aromatic heterocycles. The highest BCUT2D eigenvalue weighted by Gasteiger charge is 2.28. The molecule has 0 aliphatic carbocycles. The molecule has 0 radical (unpaired) electrons. The lowest BCUT2D eigenvalue weighted by Gasteiger charge is -2.28. The van der Waals surface area contributed by atoms with E-state index in [1.165, 1.54) is 23.9 Å². The fraction of sp³-hybridized carbons (Fsp3) is 0.353. The number of thioether (sulfide) groups is 1. The zero-order valence-electron chi connectivity index (χ0n) is 13.9. The summed E-state index contributed by atoms with van der Waals surface area (Å²) in [5.41, 5.74) is 9.42. The number of nitrogens with one attached hydrogen (secondary N) is 1. The van der Waals surface area contributed by atoms with Gasteiger partial charge in [-0.2, -0.15) is 4.99 Å². The van der Waals surface area contributed by atoms with E-state index in [1.807, 2.05) is 5.01 Å². The molecular formula is C17H19FN4O3S. The first kappa shape index (κ1) is 18.6. The van der Waals surface area contributed by atoms with Gasteiger partial charge in [0.2, 0.25) is 0 Å². The molecule has 0 spiro atoms. The van der Waals surface area contributed by atoms with Gasteiger partial charge in [0, 0.05) is 19.6 Å². The first-order valence-electron chi connectivity index (χ1n) is 8.25. The van der Waals surface area contributed by atoms with E-state index in [1.54, 1.807) is 6.08 Å². The summed E-state index contributed by atoms with van der Waals surface area (Å²) in [7, 11) is 0. The van der Waals surface area contributed by atoms with Crippen molar-refractivity contribution in [2.24, 2.45) is 10.7 Å². The fourth-order valence-corrected chi connectivity index (χ4v) is 3.76. The van der Waals surface area contributed by atoms with Gasteiger partial charge in [0.1, 0.15) is 5.82 Å². The van der Waals surface area contributed by atoms with Gasteiger partial charge in [0.15, 0.2) is 5.17 Å². The Labute approximate surface area is 154 Å². The Balaban J connectivity index is 1.88. The summed E-state index contributed by atoms with van der Waals surface area (Å²) in [4.78, 5) is 28.1. The van der Waals surface area contributed by atoms with Crippen LogP contribution in [0.3, 0.4) is 0 Å². The van der Waals surface area contributed by atoms with Crippen LogP contribution in [0.15, 0.2) is 28.1 Å². The summed E-state index contributed by atoms with van der Waals surface area (Å²) in [5.74, 6) is -3.14. The number of nitrogens with two attached hydrogens (primary N) is 1. The number of aliphatic imine (C=N–C) groups is 1. The number of aliphatic carboxylic acids is 1. The number of nitrogens with zero attached hydrogens (tertiary/aromatic N) is 2. The monoisotopic (exact) mass is 378 g/mol. The average molecular weight is 378 g/mol.